The minimum atomic E-state index is -3.80. The van der Waals surface area contributed by atoms with Gasteiger partial charge in [0.15, 0.2) is 0 Å². The Morgan fingerprint density at radius 3 is 2.67 bits per heavy atom. The summed E-state index contributed by atoms with van der Waals surface area (Å²) in [7, 11) is 0.973. The average molecular weight is 369 g/mol. The summed E-state index contributed by atoms with van der Waals surface area (Å²) in [6, 6.07) is 4.76. The van der Waals surface area contributed by atoms with E-state index in [1.165, 1.54) is 24.6 Å². The molecular weight excluding hydrogens is 350 g/mol. The van der Waals surface area contributed by atoms with Crippen molar-refractivity contribution in [3.05, 3.63) is 23.9 Å². The van der Waals surface area contributed by atoms with Crippen LogP contribution in [0.25, 0.3) is 0 Å². The van der Waals surface area contributed by atoms with Crippen LogP contribution in [0.5, 0.6) is 11.5 Å². The van der Waals surface area contributed by atoms with Gasteiger partial charge in [-0.05, 0) is 19.1 Å². The monoisotopic (exact) mass is 369 g/mol. The molecule has 0 saturated carbocycles. The molecule has 2 heterocycles. The highest BCUT2D eigenvalue weighted by molar-refractivity contribution is 8.00. The normalized spacial score (nSPS) is 14.4. The molecule has 1 aromatic carbocycles. The molecule has 0 spiro atoms. The largest absolute Gasteiger partial charge is 0.497 e. The molecule has 1 aromatic heterocycles. The van der Waals surface area contributed by atoms with Gasteiger partial charge in [0.05, 0.1) is 19.9 Å². The number of aromatic nitrogens is 2. The van der Waals surface area contributed by atoms with E-state index in [1.807, 2.05) is 14.0 Å². The summed E-state index contributed by atoms with van der Waals surface area (Å²) >= 11 is 1.61. The predicted molar refractivity (Wildman–Crippen MR) is 92.7 cm³/mol. The Kier molecular flexibility index (Phi) is 4.39. The lowest BCUT2D eigenvalue weighted by Crippen LogP contribution is -2.36. The smallest absolute Gasteiger partial charge is 0.268 e. The van der Waals surface area contributed by atoms with Crippen molar-refractivity contribution in [3.63, 3.8) is 0 Å². The van der Waals surface area contributed by atoms with Gasteiger partial charge >= 0.3 is 0 Å². The van der Waals surface area contributed by atoms with Crippen molar-refractivity contribution in [2.45, 2.75) is 16.8 Å². The molecule has 0 fully saturated rings. The van der Waals surface area contributed by atoms with Gasteiger partial charge in [0.2, 0.25) is 0 Å². The molecule has 7 nitrogen and oxygen atoms in total. The molecule has 9 heteroatoms. The Balaban J connectivity index is 2.17. The van der Waals surface area contributed by atoms with Crippen LogP contribution in [-0.2, 0) is 17.1 Å². The Morgan fingerprint density at radius 2 is 2.00 bits per heavy atom. The fourth-order valence-electron chi connectivity index (χ4n) is 2.76. The van der Waals surface area contributed by atoms with E-state index in [-0.39, 0.29) is 10.6 Å². The minimum Gasteiger partial charge on any atom is -0.497 e. The first-order valence-electron chi connectivity index (χ1n) is 7.31. The number of nitrogens with zero attached hydrogens (tertiary/aromatic N) is 3. The van der Waals surface area contributed by atoms with Gasteiger partial charge in [-0.2, -0.15) is 5.10 Å². The highest BCUT2D eigenvalue weighted by atomic mass is 32.2. The highest BCUT2D eigenvalue weighted by Gasteiger charge is 2.35. The molecule has 1 aliphatic heterocycles. The van der Waals surface area contributed by atoms with Crippen LogP contribution < -0.4 is 13.8 Å². The number of methoxy groups -OCH3 is 2. The quantitative estimate of drug-likeness (QED) is 0.821. The first-order valence-corrected chi connectivity index (χ1v) is 9.74. The van der Waals surface area contributed by atoms with Crippen LogP contribution in [0.2, 0.25) is 0 Å². The summed E-state index contributed by atoms with van der Waals surface area (Å²) in [6.07, 6.45) is 0. The molecule has 0 amide bonds. The second-order valence-electron chi connectivity index (χ2n) is 5.31. The number of aryl methyl sites for hydroxylation is 2. The van der Waals surface area contributed by atoms with E-state index < -0.39 is 10.0 Å². The van der Waals surface area contributed by atoms with Gasteiger partial charge in [-0.25, -0.2) is 8.42 Å². The van der Waals surface area contributed by atoms with Gasteiger partial charge in [-0.3, -0.25) is 8.99 Å². The lowest BCUT2D eigenvalue weighted by atomic mass is 10.3. The fraction of sp³-hybridized carbons (Fsp3) is 0.400. The van der Waals surface area contributed by atoms with E-state index in [0.717, 1.165) is 5.03 Å². The van der Waals surface area contributed by atoms with E-state index in [0.29, 0.717) is 29.4 Å². The number of ether oxygens (including phenoxy) is 2. The number of rotatable bonds is 4. The van der Waals surface area contributed by atoms with Gasteiger partial charge in [0.25, 0.3) is 10.0 Å². The number of hydrogen-bond acceptors (Lipinski definition) is 6. The second-order valence-corrected chi connectivity index (χ2v) is 8.22. The first-order chi connectivity index (χ1) is 11.4. The Bertz CT molecular complexity index is 877. The molecule has 3 rings (SSSR count). The summed E-state index contributed by atoms with van der Waals surface area (Å²) in [5.41, 5.74) is 1.32. The van der Waals surface area contributed by atoms with Gasteiger partial charge < -0.3 is 9.47 Å². The highest BCUT2D eigenvalue weighted by Crippen LogP contribution is 2.41. The third-order valence-corrected chi connectivity index (χ3v) is 6.80. The van der Waals surface area contributed by atoms with Crippen LogP contribution in [0.4, 0.5) is 5.69 Å². The Labute approximate surface area is 145 Å². The minimum absolute atomic E-state index is 0.0884. The zero-order valence-electron chi connectivity index (χ0n) is 13.9. The molecule has 24 heavy (non-hydrogen) atoms. The number of hydrogen-bond donors (Lipinski definition) is 0. The summed E-state index contributed by atoms with van der Waals surface area (Å²) in [5, 5.41) is 5.21. The molecule has 0 atom stereocenters. The third kappa shape index (κ3) is 2.61. The van der Waals surface area contributed by atoms with Gasteiger partial charge in [-0.1, -0.05) is 0 Å². The molecule has 0 bridgehead atoms. The second kappa shape index (κ2) is 6.21. The van der Waals surface area contributed by atoms with Crippen LogP contribution >= 0.6 is 11.8 Å². The van der Waals surface area contributed by atoms with E-state index in [1.54, 1.807) is 28.6 Å². The van der Waals surface area contributed by atoms with Crippen LogP contribution in [0.1, 0.15) is 5.69 Å². The number of thioether (sulfide) groups is 1. The van der Waals surface area contributed by atoms with Crippen molar-refractivity contribution in [2.24, 2.45) is 7.05 Å². The maximum atomic E-state index is 13.3. The van der Waals surface area contributed by atoms with Crippen LogP contribution in [0.3, 0.4) is 0 Å². The third-order valence-electron chi connectivity index (χ3n) is 3.86. The molecule has 0 unspecified atom stereocenters. The Morgan fingerprint density at radius 1 is 1.25 bits per heavy atom. The fourth-order valence-corrected chi connectivity index (χ4v) is 5.72. The summed E-state index contributed by atoms with van der Waals surface area (Å²) in [6.45, 7) is 2.20. The molecular formula is C15H19N3O4S2. The van der Waals surface area contributed by atoms with Crippen molar-refractivity contribution >= 4 is 27.5 Å². The maximum absolute atomic E-state index is 13.3. The van der Waals surface area contributed by atoms with Crippen molar-refractivity contribution < 1.29 is 17.9 Å². The van der Waals surface area contributed by atoms with E-state index in [2.05, 4.69) is 5.10 Å². The summed E-state index contributed by atoms with van der Waals surface area (Å²) < 4.78 is 40.2. The number of anilines is 1. The molecule has 2 aromatic rings. The van der Waals surface area contributed by atoms with E-state index in [9.17, 15) is 8.42 Å². The summed E-state index contributed by atoms with van der Waals surface area (Å²) in [5.74, 6) is 1.42. The SMILES string of the molecule is COc1ccc(OC)c(S(=O)(=O)N2CCSc3c2c(C)nn3C)c1. The van der Waals surface area contributed by atoms with Gasteiger partial charge in [0, 0.05) is 25.4 Å². The van der Waals surface area contributed by atoms with Crippen LogP contribution in [0.15, 0.2) is 28.1 Å². The molecule has 0 N–H and O–H groups in total. The van der Waals surface area contributed by atoms with Gasteiger partial charge in [0.1, 0.15) is 27.1 Å². The van der Waals surface area contributed by atoms with E-state index in [4.69, 9.17) is 9.47 Å². The zero-order valence-corrected chi connectivity index (χ0v) is 15.6. The maximum Gasteiger partial charge on any atom is 0.268 e. The topological polar surface area (TPSA) is 73.7 Å². The van der Waals surface area contributed by atoms with Crippen molar-refractivity contribution in [1.29, 1.82) is 0 Å². The number of fused-ring (bicyclic) bond motifs is 1. The standard InChI is InChI=1S/C15H19N3O4S2/c1-10-14-15(17(2)16-10)23-8-7-18(14)24(19,20)13-9-11(21-3)5-6-12(13)22-4/h5-6,9H,7-8H2,1-4H3. The molecule has 0 saturated heterocycles. The lowest BCUT2D eigenvalue weighted by Gasteiger charge is -2.29. The molecule has 0 aliphatic carbocycles. The predicted octanol–water partition coefficient (Wildman–Crippen LogP) is 2.05. The van der Waals surface area contributed by atoms with Crippen LogP contribution in [-0.4, -0.2) is 44.7 Å². The first kappa shape index (κ1) is 17.0. The van der Waals surface area contributed by atoms with Crippen molar-refractivity contribution in [2.75, 3.05) is 30.8 Å². The zero-order chi connectivity index (χ0) is 17.5. The molecule has 130 valence electrons. The lowest BCUT2D eigenvalue weighted by molar-refractivity contribution is 0.392. The van der Waals surface area contributed by atoms with Crippen LogP contribution in [0, 0.1) is 6.92 Å². The molecule has 1 aliphatic rings. The molecule has 0 radical (unpaired) electrons. The number of sulfonamides is 1. The number of benzene rings is 1. The Hall–Kier alpha value is -1.87. The van der Waals surface area contributed by atoms with E-state index >= 15 is 0 Å². The van der Waals surface area contributed by atoms with Gasteiger partial charge in [-0.15, -0.1) is 11.8 Å². The van der Waals surface area contributed by atoms with Crippen molar-refractivity contribution in [1.82, 2.24) is 9.78 Å². The van der Waals surface area contributed by atoms with Crippen molar-refractivity contribution in [3.8, 4) is 11.5 Å². The summed E-state index contributed by atoms with van der Waals surface area (Å²) in [4.78, 5) is 0.0884. The average Bonchev–Trinajstić information content (AvgIpc) is 2.88.